The van der Waals surface area contributed by atoms with E-state index in [0.717, 1.165) is 0 Å². The molecule has 6 heteroatoms. The maximum atomic E-state index is 10.3. The Kier molecular flexibility index (Phi) is 2.83. The van der Waals surface area contributed by atoms with Crippen LogP contribution in [0.2, 0.25) is 5.15 Å². The van der Waals surface area contributed by atoms with Crippen molar-refractivity contribution in [2.45, 2.75) is 6.92 Å². The highest BCUT2D eigenvalue weighted by Crippen LogP contribution is 2.13. The van der Waals surface area contributed by atoms with Crippen LogP contribution in [0.3, 0.4) is 0 Å². The van der Waals surface area contributed by atoms with Crippen LogP contribution in [0.25, 0.3) is 0 Å². The predicted molar refractivity (Wildman–Crippen MR) is 43.7 cm³/mol. The van der Waals surface area contributed by atoms with E-state index in [2.05, 4.69) is 14.7 Å². The molecule has 1 aromatic rings. The van der Waals surface area contributed by atoms with Crippen LogP contribution in [0, 0.1) is 6.92 Å². The standard InChI is InChI=1S/C6H4Cl2N2O2/c1-3-9-4(7)2-5(10-3)12-6(8)11/h2H,1H3. The van der Waals surface area contributed by atoms with Crippen LogP contribution in [0.5, 0.6) is 5.88 Å². The van der Waals surface area contributed by atoms with Crippen molar-refractivity contribution >= 4 is 28.6 Å². The number of carbonyl (C=O) groups is 1. The molecular formula is C6H4Cl2N2O2. The first-order valence-electron chi connectivity index (χ1n) is 2.96. The summed E-state index contributed by atoms with van der Waals surface area (Å²) in [5, 5.41) is 0.204. The Hall–Kier alpha value is -0.870. The van der Waals surface area contributed by atoms with E-state index < -0.39 is 5.43 Å². The molecule has 1 heterocycles. The van der Waals surface area contributed by atoms with Gasteiger partial charge in [0.25, 0.3) is 0 Å². The lowest BCUT2D eigenvalue weighted by atomic mass is 10.6. The molecule has 12 heavy (non-hydrogen) atoms. The van der Waals surface area contributed by atoms with E-state index in [9.17, 15) is 4.79 Å². The van der Waals surface area contributed by atoms with Gasteiger partial charge in [0.05, 0.1) is 0 Å². The van der Waals surface area contributed by atoms with Crippen LogP contribution in [0.1, 0.15) is 5.82 Å². The highest BCUT2D eigenvalue weighted by atomic mass is 35.5. The van der Waals surface area contributed by atoms with Gasteiger partial charge in [-0.1, -0.05) is 11.6 Å². The van der Waals surface area contributed by atoms with Crippen molar-refractivity contribution in [2.24, 2.45) is 0 Å². The van der Waals surface area contributed by atoms with Gasteiger partial charge in [0, 0.05) is 17.7 Å². The molecule has 0 aliphatic heterocycles. The van der Waals surface area contributed by atoms with Crippen molar-refractivity contribution in [3.63, 3.8) is 0 Å². The Morgan fingerprint density at radius 3 is 2.75 bits per heavy atom. The van der Waals surface area contributed by atoms with Gasteiger partial charge in [0.15, 0.2) is 0 Å². The Balaban J connectivity index is 2.93. The van der Waals surface area contributed by atoms with Crippen molar-refractivity contribution < 1.29 is 9.53 Å². The number of halogens is 2. The molecule has 0 aromatic carbocycles. The fourth-order valence-corrected chi connectivity index (χ4v) is 0.935. The van der Waals surface area contributed by atoms with Gasteiger partial charge in [-0.05, 0) is 6.92 Å². The molecule has 1 aromatic heterocycles. The topological polar surface area (TPSA) is 52.1 Å². The van der Waals surface area contributed by atoms with E-state index in [1.165, 1.54) is 6.07 Å². The van der Waals surface area contributed by atoms with Crippen molar-refractivity contribution in [3.05, 3.63) is 17.0 Å². The quantitative estimate of drug-likeness (QED) is 0.523. The first kappa shape index (κ1) is 9.22. The van der Waals surface area contributed by atoms with Gasteiger partial charge in [-0.25, -0.2) is 9.78 Å². The molecule has 0 bridgehead atoms. The number of hydrogen-bond acceptors (Lipinski definition) is 4. The second-order valence-corrected chi connectivity index (χ2v) is 2.61. The van der Waals surface area contributed by atoms with Gasteiger partial charge in [-0.3, -0.25) is 0 Å². The summed E-state index contributed by atoms with van der Waals surface area (Å²) in [7, 11) is 0. The number of nitrogens with zero attached hydrogens (tertiary/aromatic N) is 2. The molecular weight excluding hydrogens is 203 g/mol. The number of rotatable bonds is 1. The van der Waals surface area contributed by atoms with Gasteiger partial charge in [0.1, 0.15) is 11.0 Å². The first-order chi connectivity index (χ1) is 5.58. The minimum Gasteiger partial charge on any atom is -0.395 e. The van der Waals surface area contributed by atoms with Gasteiger partial charge >= 0.3 is 5.43 Å². The van der Waals surface area contributed by atoms with Crippen molar-refractivity contribution in [3.8, 4) is 5.88 Å². The SMILES string of the molecule is Cc1nc(Cl)cc(OC(=O)Cl)n1. The molecule has 0 aliphatic rings. The van der Waals surface area contributed by atoms with Crippen molar-refractivity contribution in [1.29, 1.82) is 0 Å². The Labute approximate surface area is 78.5 Å². The maximum absolute atomic E-state index is 10.3. The highest BCUT2D eigenvalue weighted by molar-refractivity contribution is 6.61. The molecule has 64 valence electrons. The summed E-state index contributed by atoms with van der Waals surface area (Å²) in [6, 6.07) is 1.30. The summed E-state index contributed by atoms with van der Waals surface area (Å²) in [4.78, 5) is 17.8. The predicted octanol–water partition coefficient (Wildman–Crippen LogP) is 2.18. The Morgan fingerprint density at radius 2 is 2.25 bits per heavy atom. The lowest BCUT2D eigenvalue weighted by molar-refractivity contribution is 0.224. The van der Waals surface area contributed by atoms with E-state index in [-0.39, 0.29) is 11.0 Å². The zero-order valence-electron chi connectivity index (χ0n) is 6.04. The van der Waals surface area contributed by atoms with E-state index in [1.807, 2.05) is 0 Å². The molecule has 0 aliphatic carbocycles. The third kappa shape index (κ3) is 2.64. The monoisotopic (exact) mass is 206 g/mol. The third-order valence-corrected chi connectivity index (χ3v) is 1.24. The summed E-state index contributed by atoms with van der Waals surface area (Å²) in [5.74, 6) is 0.461. The van der Waals surface area contributed by atoms with Gasteiger partial charge < -0.3 is 4.74 Å². The van der Waals surface area contributed by atoms with Crippen LogP contribution in [0.15, 0.2) is 6.07 Å². The molecule has 0 amide bonds. The lowest BCUT2D eigenvalue weighted by Gasteiger charge is -1.99. The molecule has 0 saturated heterocycles. The van der Waals surface area contributed by atoms with Crippen LogP contribution >= 0.6 is 23.2 Å². The summed E-state index contributed by atoms with van der Waals surface area (Å²) < 4.78 is 4.47. The zero-order valence-corrected chi connectivity index (χ0v) is 7.56. The average molecular weight is 207 g/mol. The number of hydrogen-bond donors (Lipinski definition) is 0. The van der Waals surface area contributed by atoms with Crippen molar-refractivity contribution in [2.75, 3.05) is 0 Å². The molecule has 0 radical (unpaired) electrons. The normalized spacial score (nSPS) is 9.58. The van der Waals surface area contributed by atoms with Crippen LogP contribution in [-0.2, 0) is 0 Å². The average Bonchev–Trinajstić information content (AvgIpc) is 1.81. The van der Waals surface area contributed by atoms with E-state index in [4.69, 9.17) is 23.2 Å². The fourth-order valence-electron chi connectivity index (χ4n) is 0.640. The highest BCUT2D eigenvalue weighted by Gasteiger charge is 2.04. The minimum atomic E-state index is -0.954. The Bertz CT molecular complexity index is 296. The second-order valence-electron chi connectivity index (χ2n) is 1.92. The second kappa shape index (κ2) is 3.69. The van der Waals surface area contributed by atoms with E-state index >= 15 is 0 Å². The van der Waals surface area contributed by atoms with Crippen molar-refractivity contribution in [1.82, 2.24) is 9.97 Å². The number of carbonyl (C=O) groups excluding carboxylic acids is 1. The lowest BCUT2D eigenvalue weighted by Crippen LogP contribution is -2.00. The number of aryl methyl sites for hydroxylation is 1. The van der Waals surface area contributed by atoms with E-state index in [1.54, 1.807) is 6.92 Å². The van der Waals surface area contributed by atoms with Gasteiger partial charge in [-0.15, -0.1) is 0 Å². The molecule has 0 unspecified atom stereocenters. The number of ether oxygens (including phenoxy) is 1. The minimum absolute atomic E-state index is 0.0486. The molecule has 0 N–H and O–H groups in total. The van der Waals surface area contributed by atoms with Gasteiger partial charge in [-0.2, -0.15) is 4.98 Å². The summed E-state index contributed by atoms with van der Waals surface area (Å²) in [5.41, 5.74) is -0.954. The molecule has 0 spiro atoms. The zero-order chi connectivity index (χ0) is 9.14. The largest absolute Gasteiger partial charge is 0.410 e. The van der Waals surface area contributed by atoms with E-state index in [0.29, 0.717) is 5.82 Å². The molecule has 0 saturated carbocycles. The molecule has 4 nitrogen and oxygen atoms in total. The summed E-state index contributed by atoms with van der Waals surface area (Å²) >= 11 is 10.5. The maximum Gasteiger partial charge on any atom is 0.410 e. The van der Waals surface area contributed by atoms with Gasteiger partial charge in [0.2, 0.25) is 5.88 Å². The Morgan fingerprint density at radius 1 is 1.58 bits per heavy atom. The first-order valence-corrected chi connectivity index (χ1v) is 3.72. The molecule has 0 atom stereocenters. The fraction of sp³-hybridized carbons (Fsp3) is 0.167. The molecule has 0 fully saturated rings. The summed E-state index contributed by atoms with van der Waals surface area (Å²) in [6.45, 7) is 1.62. The number of aromatic nitrogens is 2. The molecule has 1 rings (SSSR count). The van der Waals surface area contributed by atoms with Crippen LogP contribution in [0.4, 0.5) is 4.79 Å². The van der Waals surface area contributed by atoms with Crippen LogP contribution < -0.4 is 4.74 Å². The van der Waals surface area contributed by atoms with Crippen LogP contribution in [-0.4, -0.2) is 15.4 Å². The summed E-state index contributed by atoms with van der Waals surface area (Å²) in [6.07, 6.45) is 0. The third-order valence-electron chi connectivity index (χ3n) is 0.968. The smallest absolute Gasteiger partial charge is 0.395 e.